The first-order valence-electron chi connectivity index (χ1n) is 5.83. The van der Waals surface area contributed by atoms with Gasteiger partial charge in [-0.3, -0.25) is 4.79 Å². The molecule has 0 amide bonds. The van der Waals surface area contributed by atoms with Crippen LogP contribution in [0, 0.1) is 0 Å². The summed E-state index contributed by atoms with van der Waals surface area (Å²) in [6, 6.07) is 12.6. The lowest BCUT2D eigenvalue weighted by Gasteiger charge is -2.06. The Bertz CT molecular complexity index is 807. The molecular formula is C15H12N2O2. The number of benzene rings is 2. The van der Waals surface area contributed by atoms with Crippen LogP contribution in [0.4, 0.5) is 11.4 Å². The van der Waals surface area contributed by atoms with Crippen LogP contribution in [0.2, 0.25) is 0 Å². The minimum absolute atomic E-state index is 0.112. The summed E-state index contributed by atoms with van der Waals surface area (Å²) >= 11 is 0. The fourth-order valence-corrected chi connectivity index (χ4v) is 2.05. The van der Waals surface area contributed by atoms with Crippen molar-refractivity contribution in [1.82, 2.24) is 0 Å². The van der Waals surface area contributed by atoms with Crippen LogP contribution in [-0.2, 0) is 0 Å². The molecule has 0 saturated heterocycles. The fourth-order valence-electron chi connectivity index (χ4n) is 2.05. The molecule has 0 unspecified atom stereocenters. The van der Waals surface area contributed by atoms with Gasteiger partial charge in [0, 0.05) is 0 Å². The molecule has 0 bridgehead atoms. The van der Waals surface area contributed by atoms with Crippen molar-refractivity contribution in [2.24, 2.45) is 0 Å². The van der Waals surface area contributed by atoms with E-state index in [1.807, 2.05) is 30.3 Å². The lowest BCUT2D eigenvalue weighted by molar-refractivity contribution is 0.606. The van der Waals surface area contributed by atoms with E-state index in [1.165, 1.54) is 6.26 Å². The van der Waals surface area contributed by atoms with E-state index < -0.39 is 0 Å². The Kier molecular flexibility index (Phi) is 2.49. The number of nitrogens with two attached hydrogens (primary N) is 2. The molecule has 1 heterocycles. The molecule has 94 valence electrons. The third kappa shape index (κ3) is 1.74. The lowest BCUT2D eigenvalue weighted by atomic mass is 10.1. The van der Waals surface area contributed by atoms with Crippen molar-refractivity contribution in [3.8, 4) is 11.1 Å². The van der Waals surface area contributed by atoms with Gasteiger partial charge in [0.25, 0.3) is 0 Å². The highest BCUT2D eigenvalue weighted by atomic mass is 16.3. The molecule has 0 aliphatic rings. The monoisotopic (exact) mass is 252 g/mol. The number of hydrogen-bond acceptors (Lipinski definition) is 4. The molecule has 19 heavy (non-hydrogen) atoms. The molecular weight excluding hydrogens is 240 g/mol. The van der Waals surface area contributed by atoms with E-state index in [1.54, 1.807) is 12.1 Å². The molecule has 3 aromatic rings. The molecule has 0 spiro atoms. The SMILES string of the molecule is Nc1ccc2c(=O)c(-c3ccccc3)coc2c1N. The van der Waals surface area contributed by atoms with Gasteiger partial charge in [-0.25, -0.2) is 0 Å². The van der Waals surface area contributed by atoms with Crippen molar-refractivity contribution in [3.05, 3.63) is 59.0 Å². The second kappa shape index (κ2) is 4.17. The number of fused-ring (bicyclic) bond motifs is 1. The normalized spacial score (nSPS) is 10.7. The van der Waals surface area contributed by atoms with E-state index in [-0.39, 0.29) is 5.43 Å². The maximum atomic E-state index is 12.4. The molecule has 0 atom stereocenters. The third-order valence-corrected chi connectivity index (χ3v) is 3.10. The van der Waals surface area contributed by atoms with Crippen LogP contribution in [-0.4, -0.2) is 0 Å². The Balaban J connectivity index is 2.35. The van der Waals surface area contributed by atoms with E-state index in [9.17, 15) is 4.79 Å². The molecule has 2 aromatic carbocycles. The van der Waals surface area contributed by atoms with Crippen molar-refractivity contribution in [2.75, 3.05) is 11.5 Å². The first kappa shape index (κ1) is 11.3. The Morgan fingerprint density at radius 1 is 0.947 bits per heavy atom. The van der Waals surface area contributed by atoms with Gasteiger partial charge >= 0.3 is 0 Å². The summed E-state index contributed by atoms with van der Waals surface area (Å²) in [6.45, 7) is 0. The summed E-state index contributed by atoms with van der Waals surface area (Å²) in [7, 11) is 0. The van der Waals surface area contributed by atoms with Gasteiger partial charge in [-0.2, -0.15) is 0 Å². The van der Waals surface area contributed by atoms with Crippen LogP contribution in [0.3, 0.4) is 0 Å². The second-order valence-electron chi connectivity index (χ2n) is 4.29. The zero-order valence-electron chi connectivity index (χ0n) is 10.1. The van der Waals surface area contributed by atoms with Gasteiger partial charge in [0.15, 0.2) is 5.58 Å². The van der Waals surface area contributed by atoms with Crippen LogP contribution in [0.15, 0.2) is 57.9 Å². The molecule has 0 fully saturated rings. The number of anilines is 2. The molecule has 4 heteroatoms. The molecule has 0 aliphatic carbocycles. The van der Waals surface area contributed by atoms with E-state index in [0.717, 1.165) is 5.56 Å². The van der Waals surface area contributed by atoms with Crippen LogP contribution in [0.1, 0.15) is 0 Å². The van der Waals surface area contributed by atoms with Crippen LogP contribution >= 0.6 is 0 Å². The Labute approximate surface area is 109 Å². The second-order valence-corrected chi connectivity index (χ2v) is 4.29. The van der Waals surface area contributed by atoms with Crippen LogP contribution < -0.4 is 16.9 Å². The van der Waals surface area contributed by atoms with Gasteiger partial charge < -0.3 is 15.9 Å². The quantitative estimate of drug-likeness (QED) is 0.652. The van der Waals surface area contributed by atoms with Gasteiger partial charge in [0.05, 0.1) is 22.3 Å². The van der Waals surface area contributed by atoms with Gasteiger partial charge in [-0.1, -0.05) is 30.3 Å². The van der Waals surface area contributed by atoms with E-state index in [2.05, 4.69) is 0 Å². The van der Waals surface area contributed by atoms with Gasteiger partial charge in [-0.05, 0) is 17.7 Å². The van der Waals surface area contributed by atoms with E-state index in [0.29, 0.717) is 27.9 Å². The number of rotatable bonds is 1. The van der Waals surface area contributed by atoms with Crippen molar-refractivity contribution >= 4 is 22.3 Å². The summed E-state index contributed by atoms with van der Waals surface area (Å²) in [5.74, 6) is 0. The van der Waals surface area contributed by atoms with Crippen molar-refractivity contribution < 1.29 is 4.42 Å². The molecule has 1 aromatic heterocycles. The van der Waals surface area contributed by atoms with Crippen molar-refractivity contribution in [3.63, 3.8) is 0 Å². The summed E-state index contributed by atoms with van der Waals surface area (Å²) in [4.78, 5) is 12.4. The Hall–Kier alpha value is -2.75. The molecule has 4 N–H and O–H groups in total. The summed E-state index contributed by atoms with van der Waals surface area (Å²) in [5, 5.41) is 0.438. The molecule has 0 radical (unpaired) electrons. The maximum Gasteiger partial charge on any atom is 0.200 e. The highest BCUT2D eigenvalue weighted by Crippen LogP contribution is 2.27. The number of hydrogen-bond donors (Lipinski definition) is 2. The number of nitrogen functional groups attached to an aromatic ring is 2. The largest absolute Gasteiger partial charge is 0.461 e. The highest BCUT2D eigenvalue weighted by molar-refractivity contribution is 5.95. The van der Waals surface area contributed by atoms with Crippen molar-refractivity contribution in [2.45, 2.75) is 0 Å². The molecule has 0 aliphatic heterocycles. The standard InChI is InChI=1S/C15H12N2O2/c16-12-7-6-10-14(18)11(8-19-15(10)13(12)17)9-4-2-1-3-5-9/h1-8H,16-17H2. The zero-order chi connectivity index (χ0) is 13.4. The minimum Gasteiger partial charge on any atom is -0.461 e. The highest BCUT2D eigenvalue weighted by Gasteiger charge is 2.11. The minimum atomic E-state index is -0.112. The smallest absolute Gasteiger partial charge is 0.200 e. The summed E-state index contributed by atoms with van der Waals surface area (Å²) < 4.78 is 5.48. The maximum absolute atomic E-state index is 12.4. The molecule has 4 nitrogen and oxygen atoms in total. The summed E-state index contributed by atoms with van der Waals surface area (Å²) in [6.07, 6.45) is 1.43. The Morgan fingerprint density at radius 3 is 2.42 bits per heavy atom. The fraction of sp³-hybridized carbons (Fsp3) is 0. The molecule has 3 rings (SSSR count). The third-order valence-electron chi connectivity index (χ3n) is 3.10. The first-order valence-corrected chi connectivity index (χ1v) is 5.83. The topological polar surface area (TPSA) is 82.2 Å². The predicted molar refractivity (Wildman–Crippen MR) is 76.7 cm³/mol. The summed E-state index contributed by atoms with van der Waals surface area (Å²) in [5.41, 5.74) is 13.8. The van der Waals surface area contributed by atoms with Crippen LogP contribution in [0.25, 0.3) is 22.1 Å². The van der Waals surface area contributed by atoms with Gasteiger partial charge in [0.2, 0.25) is 5.43 Å². The zero-order valence-corrected chi connectivity index (χ0v) is 10.1. The van der Waals surface area contributed by atoms with Crippen LogP contribution in [0.5, 0.6) is 0 Å². The molecule has 0 saturated carbocycles. The van der Waals surface area contributed by atoms with Crippen molar-refractivity contribution in [1.29, 1.82) is 0 Å². The lowest BCUT2D eigenvalue weighted by Crippen LogP contribution is -2.06. The van der Waals surface area contributed by atoms with Gasteiger partial charge in [0.1, 0.15) is 6.26 Å². The van der Waals surface area contributed by atoms with Gasteiger partial charge in [-0.15, -0.1) is 0 Å². The average Bonchev–Trinajstić information content (AvgIpc) is 2.44. The van der Waals surface area contributed by atoms with E-state index in [4.69, 9.17) is 15.9 Å². The van der Waals surface area contributed by atoms with E-state index >= 15 is 0 Å². The Morgan fingerprint density at radius 2 is 1.68 bits per heavy atom. The average molecular weight is 252 g/mol. The first-order chi connectivity index (χ1) is 9.18. The predicted octanol–water partition coefficient (Wildman–Crippen LogP) is 2.62.